The zero-order valence-electron chi connectivity index (χ0n) is 12.8. The minimum Gasteiger partial charge on any atom is -0.481 e. The number of carbonyl (C=O) groups excluding carboxylic acids is 1. The highest BCUT2D eigenvalue weighted by atomic mass is 32.2. The van der Waals surface area contributed by atoms with Gasteiger partial charge in [-0.05, 0) is 30.0 Å². The van der Waals surface area contributed by atoms with Gasteiger partial charge in [0.25, 0.3) is 0 Å². The van der Waals surface area contributed by atoms with Gasteiger partial charge in [-0.2, -0.15) is 0 Å². The number of carboxylic acids is 1. The van der Waals surface area contributed by atoms with Crippen molar-refractivity contribution >= 4 is 23.6 Å². The lowest BCUT2D eigenvalue weighted by Gasteiger charge is -2.16. The fourth-order valence-corrected chi connectivity index (χ4v) is 2.64. The van der Waals surface area contributed by atoms with Crippen LogP contribution in [0.1, 0.15) is 38.2 Å². The first-order chi connectivity index (χ1) is 9.90. The molecule has 0 aliphatic heterocycles. The minimum absolute atomic E-state index is 0.0262. The molecule has 0 radical (unpaired) electrons. The molecule has 1 aromatic carbocycles. The van der Waals surface area contributed by atoms with Gasteiger partial charge in [0.15, 0.2) is 0 Å². The highest BCUT2D eigenvalue weighted by Crippen LogP contribution is 2.22. The first-order valence-corrected chi connectivity index (χ1v) is 8.07. The summed E-state index contributed by atoms with van der Waals surface area (Å²) >= 11 is 1.51. The Morgan fingerprint density at radius 1 is 1.24 bits per heavy atom. The van der Waals surface area contributed by atoms with Gasteiger partial charge >= 0.3 is 5.97 Å². The minimum atomic E-state index is -0.824. The Morgan fingerprint density at radius 3 is 2.38 bits per heavy atom. The lowest BCUT2D eigenvalue weighted by atomic mass is 10.0. The summed E-state index contributed by atoms with van der Waals surface area (Å²) in [5.74, 6) is 0.0877. The number of aliphatic carboxylic acids is 1. The smallest absolute Gasteiger partial charge is 0.303 e. The highest BCUT2D eigenvalue weighted by molar-refractivity contribution is 8.00. The van der Waals surface area contributed by atoms with Crippen LogP contribution in [0.3, 0.4) is 0 Å². The predicted molar refractivity (Wildman–Crippen MR) is 85.8 cm³/mol. The number of hydrogen-bond acceptors (Lipinski definition) is 3. The molecule has 0 saturated carbocycles. The van der Waals surface area contributed by atoms with E-state index in [1.54, 1.807) is 11.9 Å². The number of carbonyl (C=O) groups is 2. The molecule has 0 heterocycles. The number of hydrogen-bond donors (Lipinski definition) is 1. The second kappa shape index (κ2) is 8.72. The first-order valence-electron chi connectivity index (χ1n) is 7.08. The zero-order valence-corrected chi connectivity index (χ0v) is 13.7. The molecule has 1 N–H and O–H groups in total. The molecule has 1 rings (SSSR count). The van der Waals surface area contributed by atoms with Crippen molar-refractivity contribution in [2.45, 2.75) is 37.5 Å². The van der Waals surface area contributed by atoms with Crippen molar-refractivity contribution in [2.75, 3.05) is 19.3 Å². The van der Waals surface area contributed by atoms with Gasteiger partial charge in [0, 0.05) is 24.9 Å². The standard InChI is InChI=1S/C16H23NO3S/c1-12(2)13-6-8-14(9-7-13)21-11-15(18)17(3)10-4-5-16(19)20/h6-9,12H,4-5,10-11H2,1-3H3,(H,19,20). The van der Waals surface area contributed by atoms with Crippen molar-refractivity contribution in [1.82, 2.24) is 4.90 Å². The van der Waals surface area contributed by atoms with Crippen molar-refractivity contribution in [3.63, 3.8) is 0 Å². The molecule has 4 nitrogen and oxygen atoms in total. The number of benzene rings is 1. The van der Waals surface area contributed by atoms with Crippen molar-refractivity contribution in [3.8, 4) is 0 Å². The average Bonchev–Trinajstić information content (AvgIpc) is 2.44. The van der Waals surface area contributed by atoms with Gasteiger partial charge in [0.05, 0.1) is 5.75 Å². The molecule has 0 aromatic heterocycles. The van der Waals surface area contributed by atoms with Crippen LogP contribution < -0.4 is 0 Å². The molecule has 0 aliphatic carbocycles. The average molecular weight is 309 g/mol. The monoisotopic (exact) mass is 309 g/mol. The summed E-state index contributed by atoms with van der Waals surface area (Å²) < 4.78 is 0. The van der Waals surface area contributed by atoms with E-state index >= 15 is 0 Å². The van der Waals surface area contributed by atoms with Crippen LogP contribution in [0, 0.1) is 0 Å². The van der Waals surface area contributed by atoms with E-state index in [2.05, 4.69) is 26.0 Å². The van der Waals surface area contributed by atoms with E-state index in [-0.39, 0.29) is 12.3 Å². The topological polar surface area (TPSA) is 57.6 Å². The second-order valence-electron chi connectivity index (χ2n) is 5.32. The van der Waals surface area contributed by atoms with Gasteiger partial charge in [0.1, 0.15) is 0 Å². The van der Waals surface area contributed by atoms with Crippen molar-refractivity contribution in [3.05, 3.63) is 29.8 Å². The van der Waals surface area contributed by atoms with Gasteiger partial charge in [0.2, 0.25) is 5.91 Å². The lowest BCUT2D eigenvalue weighted by Crippen LogP contribution is -2.29. The molecule has 0 bridgehead atoms. The van der Waals surface area contributed by atoms with Crippen LogP contribution in [0.15, 0.2) is 29.2 Å². The predicted octanol–water partition coefficient (Wildman–Crippen LogP) is 3.23. The third kappa shape index (κ3) is 6.67. The molecule has 1 aromatic rings. The Bertz CT molecular complexity index is 471. The summed E-state index contributed by atoms with van der Waals surface area (Å²) in [5.41, 5.74) is 1.29. The largest absolute Gasteiger partial charge is 0.481 e. The van der Waals surface area contributed by atoms with E-state index in [9.17, 15) is 9.59 Å². The number of carboxylic acid groups (broad SMARTS) is 1. The van der Waals surface area contributed by atoms with Crippen LogP contribution in [-0.4, -0.2) is 41.2 Å². The van der Waals surface area contributed by atoms with Gasteiger partial charge < -0.3 is 10.0 Å². The normalized spacial score (nSPS) is 10.7. The molecule has 116 valence electrons. The molecule has 0 spiro atoms. The number of thioether (sulfide) groups is 1. The van der Waals surface area contributed by atoms with E-state index in [0.29, 0.717) is 24.6 Å². The molecule has 0 aliphatic rings. The van der Waals surface area contributed by atoms with Crippen molar-refractivity contribution in [2.24, 2.45) is 0 Å². The van der Waals surface area contributed by atoms with Crippen LogP contribution in [0.2, 0.25) is 0 Å². The van der Waals surface area contributed by atoms with Crippen LogP contribution in [0.4, 0.5) is 0 Å². The maximum absolute atomic E-state index is 11.9. The number of amides is 1. The van der Waals surface area contributed by atoms with E-state index < -0.39 is 5.97 Å². The van der Waals surface area contributed by atoms with E-state index in [1.807, 2.05) is 12.1 Å². The zero-order chi connectivity index (χ0) is 15.8. The van der Waals surface area contributed by atoms with E-state index in [1.165, 1.54) is 17.3 Å². The highest BCUT2D eigenvalue weighted by Gasteiger charge is 2.10. The van der Waals surface area contributed by atoms with Gasteiger partial charge in [-0.3, -0.25) is 9.59 Å². The third-order valence-electron chi connectivity index (χ3n) is 3.22. The maximum Gasteiger partial charge on any atom is 0.303 e. The van der Waals surface area contributed by atoms with Gasteiger partial charge in [-0.1, -0.05) is 26.0 Å². The Hall–Kier alpha value is -1.49. The number of rotatable bonds is 8. The molecule has 0 atom stereocenters. The molecule has 0 unspecified atom stereocenters. The van der Waals surface area contributed by atoms with Crippen molar-refractivity contribution in [1.29, 1.82) is 0 Å². The first kappa shape index (κ1) is 17.6. The lowest BCUT2D eigenvalue weighted by molar-refractivity contribution is -0.137. The SMILES string of the molecule is CC(C)c1ccc(SCC(=O)N(C)CCCC(=O)O)cc1. The molecular weight excluding hydrogens is 286 g/mol. The molecular formula is C16H23NO3S. The Balaban J connectivity index is 2.36. The Labute approximate surface area is 130 Å². The second-order valence-corrected chi connectivity index (χ2v) is 6.37. The Kier molecular flexibility index (Phi) is 7.29. The third-order valence-corrected chi connectivity index (χ3v) is 4.22. The summed E-state index contributed by atoms with van der Waals surface area (Å²) in [4.78, 5) is 25.0. The molecule has 5 heteroatoms. The number of nitrogens with zero attached hydrogens (tertiary/aromatic N) is 1. The molecule has 0 saturated heterocycles. The summed E-state index contributed by atoms with van der Waals surface area (Å²) in [6.45, 7) is 4.79. The summed E-state index contributed by atoms with van der Waals surface area (Å²) in [6, 6.07) is 8.26. The van der Waals surface area contributed by atoms with Gasteiger partial charge in [-0.25, -0.2) is 0 Å². The molecule has 1 amide bonds. The van der Waals surface area contributed by atoms with E-state index in [4.69, 9.17) is 5.11 Å². The Morgan fingerprint density at radius 2 is 1.86 bits per heavy atom. The van der Waals surface area contributed by atoms with E-state index in [0.717, 1.165) is 4.90 Å². The van der Waals surface area contributed by atoms with Crippen LogP contribution in [-0.2, 0) is 9.59 Å². The fourth-order valence-electron chi connectivity index (χ4n) is 1.80. The summed E-state index contributed by atoms with van der Waals surface area (Å²) in [5, 5.41) is 8.57. The fraction of sp³-hybridized carbons (Fsp3) is 0.500. The van der Waals surface area contributed by atoms with Crippen molar-refractivity contribution < 1.29 is 14.7 Å². The molecule has 21 heavy (non-hydrogen) atoms. The quantitative estimate of drug-likeness (QED) is 0.749. The van der Waals surface area contributed by atoms with Crippen LogP contribution >= 0.6 is 11.8 Å². The van der Waals surface area contributed by atoms with Crippen LogP contribution in [0.25, 0.3) is 0 Å². The summed E-state index contributed by atoms with van der Waals surface area (Å²) in [7, 11) is 1.71. The summed E-state index contributed by atoms with van der Waals surface area (Å²) in [6.07, 6.45) is 0.590. The van der Waals surface area contributed by atoms with Crippen LogP contribution in [0.5, 0.6) is 0 Å². The maximum atomic E-state index is 11.9. The van der Waals surface area contributed by atoms with Gasteiger partial charge in [-0.15, -0.1) is 11.8 Å². The molecule has 0 fully saturated rings.